The smallest absolute Gasteiger partial charge is 0.253 e. The normalized spacial score (nSPS) is 13.4. The molecule has 1 saturated heterocycles. The van der Waals surface area contributed by atoms with Crippen LogP contribution < -0.4 is 20.3 Å². The van der Waals surface area contributed by atoms with E-state index < -0.39 is 0 Å². The summed E-state index contributed by atoms with van der Waals surface area (Å²) in [4.78, 5) is 29.2. The number of hydrogen-bond acceptors (Lipinski definition) is 5. The second kappa shape index (κ2) is 12.4. The van der Waals surface area contributed by atoms with E-state index in [0.717, 1.165) is 22.7 Å². The van der Waals surface area contributed by atoms with Crippen molar-refractivity contribution in [3.8, 4) is 5.75 Å². The fraction of sp³-hybridized carbons (Fsp3) is 0.179. The molecule has 2 amide bonds. The van der Waals surface area contributed by atoms with E-state index in [4.69, 9.17) is 28.6 Å². The molecule has 1 aliphatic heterocycles. The number of hydrogen-bond donors (Lipinski definition) is 2. The third kappa shape index (κ3) is 7.09. The minimum absolute atomic E-state index is 0.00527. The van der Waals surface area contributed by atoms with Crippen LogP contribution in [0.3, 0.4) is 0 Å². The third-order valence-corrected chi connectivity index (χ3v) is 6.39. The van der Waals surface area contributed by atoms with Crippen molar-refractivity contribution in [3.05, 3.63) is 95.0 Å². The average molecular weight is 535 g/mol. The molecule has 0 atom stereocenters. The number of anilines is 2. The number of halogens is 1. The predicted molar refractivity (Wildman–Crippen MR) is 152 cm³/mol. The van der Waals surface area contributed by atoms with Gasteiger partial charge in [-0.05, 0) is 72.4 Å². The fourth-order valence-electron chi connectivity index (χ4n) is 3.97. The Morgan fingerprint density at radius 1 is 0.946 bits per heavy atom. The van der Waals surface area contributed by atoms with Gasteiger partial charge in [0.1, 0.15) is 5.75 Å². The largest absolute Gasteiger partial charge is 0.497 e. The number of rotatable bonds is 6. The molecular formula is C28H27ClN4O3S. The van der Waals surface area contributed by atoms with Gasteiger partial charge in [-0.15, -0.1) is 0 Å². The summed E-state index contributed by atoms with van der Waals surface area (Å²) >= 11 is 11.3. The molecule has 3 aromatic rings. The lowest BCUT2D eigenvalue weighted by Crippen LogP contribution is -2.49. The molecule has 0 aliphatic carbocycles. The topological polar surface area (TPSA) is 73.9 Å². The first-order chi connectivity index (χ1) is 17.9. The minimum Gasteiger partial charge on any atom is -0.497 e. The van der Waals surface area contributed by atoms with Gasteiger partial charge in [0.15, 0.2) is 5.11 Å². The van der Waals surface area contributed by atoms with E-state index in [9.17, 15) is 9.59 Å². The van der Waals surface area contributed by atoms with Crippen molar-refractivity contribution in [1.29, 1.82) is 0 Å². The summed E-state index contributed by atoms with van der Waals surface area (Å²) in [6.45, 7) is 2.52. The SMILES string of the molecule is COc1ccc(/C=C/C(=O)NC(=S)Nc2ccccc2N2CCN(C(=O)c3ccc(Cl)cc3)CC2)cc1. The summed E-state index contributed by atoms with van der Waals surface area (Å²) in [5.41, 5.74) is 3.23. The summed E-state index contributed by atoms with van der Waals surface area (Å²) in [5.74, 6) is 0.412. The van der Waals surface area contributed by atoms with Gasteiger partial charge >= 0.3 is 0 Å². The summed E-state index contributed by atoms with van der Waals surface area (Å²) in [6.07, 6.45) is 3.13. The molecule has 3 aromatic carbocycles. The van der Waals surface area contributed by atoms with Crippen molar-refractivity contribution in [2.45, 2.75) is 0 Å². The zero-order valence-corrected chi connectivity index (χ0v) is 21.9. The van der Waals surface area contributed by atoms with Crippen LogP contribution in [0.2, 0.25) is 5.02 Å². The van der Waals surface area contributed by atoms with Crippen molar-refractivity contribution < 1.29 is 14.3 Å². The van der Waals surface area contributed by atoms with Gasteiger partial charge in [-0.25, -0.2) is 0 Å². The number of benzene rings is 3. The van der Waals surface area contributed by atoms with Crippen LogP contribution in [0.5, 0.6) is 5.75 Å². The van der Waals surface area contributed by atoms with E-state index in [1.807, 2.05) is 53.4 Å². The van der Waals surface area contributed by atoms with Crippen molar-refractivity contribution >= 4 is 58.2 Å². The molecule has 0 unspecified atom stereocenters. The lowest BCUT2D eigenvalue weighted by molar-refractivity contribution is -0.115. The van der Waals surface area contributed by atoms with Crippen LogP contribution in [0, 0.1) is 0 Å². The monoisotopic (exact) mass is 534 g/mol. The van der Waals surface area contributed by atoms with E-state index >= 15 is 0 Å². The molecule has 0 saturated carbocycles. The summed E-state index contributed by atoms with van der Waals surface area (Å²) in [6, 6.07) is 22.1. The van der Waals surface area contributed by atoms with Gasteiger partial charge in [0.2, 0.25) is 5.91 Å². The molecule has 0 spiro atoms. The summed E-state index contributed by atoms with van der Waals surface area (Å²) in [7, 11) is 1.61. The quantitative estimate of drug-likeness (QED) is 0.348. The maximum absolute atomic E-state index is 12.8. The lowest BCUT2D eigenvalue weighted by atomic mass is 10.1. The number of piperazine rings is 1. The van der Waals surface area contributed by atoms with Crippen LogP contribution in [-0.2, 0) is 4.79 Å². The molecule has 0 aromatic heterocycles. The standard InChI is InChI=1S/C28H27ClN4O3S/c1-36-23-13-6-20(7-14-23)8-15-26(34)31-28(37)30-24-4-2-3-5-25(24)32-16-18-33(19-17-32)27(35)21-9-11-22(29)12-10-21/h2-15H,16-19H2,1H3,(H2,30,31,34,37)/b15-8+. The Balaban J connectivity index is 1.32. The molecule has 2 N–H and O–H groups in total. The third-order valence-electron chi connectivity index (χ3n) is 5.93. The van der Waals surface area contributed by atoms with Gasteiger partial charge in [-0.2, -0.15) is 0 Å². The molecule has 37 heavy (non-hydrogen) atoms. The van der Waals surface area contributed by atoms with Gasteiger partial charge in [-0.3, -0.25) is 14.9 Å². The van der Waals surface area contributed by atoms with E-state index in [0.29, 0.717) is 36.8 Å². The van der Waals surface area contributed by atoms with Crippen molar-refractivity contribution in [1.82, 2.24) is 10.2 Å². The molecule has 190 valence electrons. The molecule has 4 rings (SSSR count). The van der Waals surface area contributed by atoms with E-state index in [1.165, 1.54) is 6.08 Å². The average Bonchev–Trinajstić information content (AvgIpc) is 2.92. The van der Waals surface area contributed by atoms with E-state index in [1.54, 1.807) is 37.5 Å². The van der Waals surface area contributed by atoms with Crippen LogP contribution in [0.4, 0.5) is 11.4 Å². The van der Waals surface area contributed by atoms with Gasteiger partial charge in [0.25, 0.3) is 5.91 Å². The first-order valence-electron chi connectivity index (χ1n) is 11.8. The van der Waals surface area contributed by atoms with E-state index in [-0.39, 0.29) is 16.9 Å². The molecule has 0 bridgehead atoms. The molecular weight excluding hydrogens is 508 g/mol. The number of methoxy groups -OCH3 is 1. The summed E-state index contributed by atoms with van der Waals surface area (Å²) < 4.78 is 5.14. The Morgan fingerprint density at radius 3 is 2.30 bits per heavy atom. The molecule has 1 heterocycles. The molecule has 1 fully saturated rings. The maximum Gasteiger partial charge on any atom is 0.253 e. The molecule has 1 aliphatic rings. The van der Waals surface area contributed by atoms with Crippen LogP contribution in [0.25, 0.3) is 6.08 Å². The van der Waals surface area contributed by atoms with Gasteiger partial charge < -0.3 is 19.9 Å². The number of thiocarbonyl (C=S) groups is 1. The molecule has 9 heteroatoms. The maximum atomic E-state index is 12.8. The van der Waals surface area contributed by atoms with Crippen molar-refractivity contribution in [2.24, 2.45) is 0 Å². The second-order valence-corrected chi connectivity index (χ2v) is 9.20. The number of para-hydroxylation sites is 2. The number of nitrogens with one attached hydrogen (secondary N) is 2. The van der Waals surface area contributed by atoms with Gasteiger partial charge in [-0.1, -0.05) is 35.9 Å². The Hall–Kier alpha value is -3.88. The Kier molecular flexibility index (Phi) is 8.77. The molecule has 7 nitrogen and oxygen atoms in total. The van der Waals surface area contributed by atoms with Crippen molar-refractivity contribution in [3.63, 3.8) is 0 Å². The van der Waals surface area contributed by atoms with Crippen LogP contribution >= 0.6 is 23.8 Å². The highest BCUT2D eigenvalue weighted by atomic mass is 35.5. The van der Waals surface area contributed by atoms with E-state index in [2.05, 4.69) is 15.5 Å². The van der Waals surface area contributed by atoms with Crippen LogP contribution in [0.1, 0.15) is 15.9 Å². The predicted octanol–water partition coefficient (Wildman–Crippen LogP) is 4.84. The second-order valence-electron chi connectivity index (χ2n) is 8.35. The Labute approximate surface area is 226 Å². The highest BCUT2D eigenvalue weighted by Gasteiger charge is 2.23. The van der Waals surface area contributed by atoms with Gasteiger partial charge in [0, 0.05) is 42.8 Å². The lowest BCUT2D eigenvalue weighted by Gasteiger charge is -2.37. The highest BCUT2D eigenvalue weighted by molar-refractivity contribution is 7.80. The van der Waals surface area contributed by atoms with Crippen LogP contribution in [0.15, 0.2) is 78.9 Å². The first kappa shape index (κ1) is 26.2. The zero-order valence-electron chi connectivity index (χ0n) is 20.3. The fourth-order valence-corrected chi connectivity index (χ4v) is 4.31. The number of carbonyl (C=O) groups excluding carboxylic acids is 2. The van der Waals surface area contributed by atoms with Crippen molar-refractivity contribution in [2.75, 3.05) is 43.5 Å². The Morgan fingerprint density at radius 2 is 1.62 bits per heavy atom. The number of amides is 2. The zero-order chi connectivity index (χ0) is 26.2. The Bertz CT molecular complexity index is 1290. The number of carbonyl (C=O) groups is 2. The minimum atomic E-state index is -0.333. The first-order valence-corrected chi connectivity index (χ1v) is 12.5. The molecule has 0 radical (unpaired) electrons. The number of nitrogens with zero attached hydrogens (tertiary/aromatic N) is 2. The highest BCUT2D eigenvalue weighted by Crippen LogP contribution is 2.27. The van der Waals surface area contributed by atoms with Crippen LogP contribution in [-0.4, -0.2) is 55.1 Å². The number of ether oxygens (including phenoxy) is 1. The van der Waals surface area contributed by atoms with Gasteiger partial charge in [0.05, 0.1) is 18.5 Å². The summed E-state index contributed by atoms with van der Waals surface area (Å²) in [5, 5.41) is 6.62.